The van der Waals surface area contributed by atoms with Crippen LogP contribution in [0.3, 0.4) is 0 Å². The monoisotopic (exact) mass is 278 g/mol. The number of nitrogens with zero attached hydrogens (tertiary/aromatic N) is 1. The van der Waals surface area contributed by atoms with E-state index >= 15 is 0 Å². The van der Waals surface area contributed by atoms with Crippen molar-refractivity contribution < 1.29 is 9.84 Å². The van der Waals surface area contributed by atoms with E-state index in [-0.39, 0.29) is 6.61 Å². The third-order valence-electron chi connectivity index (χ3n) is 4.01. The molecule has 4 heteroatoms. The van der Waals surface area contributed by atoms with Gasteiger partial charge in [0.05, 0.1) is 7.11 Å². The lowest BCUT2D eigenvalue weighted by atomic mass is 10.0. The number of hydrogen-bond donors (Lipinski definition) is 2. The Balaban J connectivity index is 1.81. The van der Waals surface area contributed by atoms with Crippen molar-refractivity contribution in [2.24, 2.45) is 0 Å². The SMILES string of the molecule is COc1ccc(N2CCC(NC(C)CCO)CC2)cc1. The summed E-state index contributed by atoms with van der Waals surface area (Å²) < 4.78 is 5.19. The minimum absolute atomic E-state index is 0.263. The van der Waals surface area contributed by atoms with Gasteiger partial charge in [0, 0.05) is 37.5 Å². The highest BCUT2D eigenvalue weighted by molar-refractivity contribution is 5.49. The molecule has 1 unspecified atom stereocenters. The minimum atomic E-state index is 0.263. The Morgan fingerprint density at radius 2 is 1.95 bits per heavy atom. The fraction of sp³-hybridized carbons (Fsp3) is 0.625. The summed E-state index contributed by atoms with van der Waals surface area (Å²) in [6, 6.07) is 9.26. The first-order valence-electron chi connectivity index (χ1n) is 7.49. The van der Waals surface area contributed by atoms with Crippen LogP contribution in [0, 0.1) is 0 Å². The highest BCUT2D eigenvalue weighted by Gasteiger charge is 2.20. The van der Waals surface area contributed by atoms with Crippen LogP contribution in [0.5, 0.6) is 5.75 Å². The molecule has 2 N–H and O–H groups in total. The van der Waals surface area contributed by atoms with Crippen molar-refractivity contribution in [3.05, 3.63) is 24.3 Å². The second-order valence-electron chi connectivity index (χ2n) is 5.54. The summed E-state index contributed by atoms with van der Waals surface area (Å²) in [5.74, 6) is 0.906. The number of rotatable bonds is 6. The van der Waals surface area contributed by atoms with E-state index < -0.39 is 0 Å². The Morgan fingerprint density at radius 3 is 2.50 bits per heavy atom. The molecule has 1 heterocycles. The van der Waals surface area contributed by atoms with E-state index in [2.05, 4.69) is 29.3 Å². The van der Waals surface area contributed by atoms with E-state index in [4.69, 9.17) is 9.84 Å². The Labute approximate surface area is 121 Å². The van der Waals surface area contributed by atoms with E-state index in [0.717, 1.165) is 38.1 Å². The van der Waals surface area contributed by atoms with Gasteiger partial charge in [0.15, 0.2) is 0 Å². The van der Waals surface area contributed by atoms with Gasteiger partial charge >= 0.3 is 0 Å². The van der Waals surface area contributed by atoms with Gasteiger partial charge in [-0.05, 0) is 50.5 Å². The fourth-order valence-corrected chi connectivity index (χ4v) is 2.78. The van der Waals surface area contributed by atoms with Crippen LogP contribution < -0.4 is 15.0 Å². The molecule has 1 saturated heterocycles. The lowest BCUT2D eigenvalue weighted by Gasteiger charge is -2.35. The molecule has 1 aromatic rings. The standard InChI is InChI=1S/C16H26N2O2/c1-13(9-12-19)17-14-7-10-18(11-8-14)15-3-5-16(20-2)6-4-15/h3-6,13-14,17,19H,7-12H2,1-2H3. The molecular formula is C16H26N2O2. The van der Waals surface area contributed by atoms with Crippen molar-refractivity contribution in [1.29, 1.82) is 0 Å². The summed E-state index contributed by atoms with van der Waals surface area (Å²) in [5.41, 5.74) is 1.27. The van der Waals surface area contributed by atoms with Gasteiger partial charge < -0.3 is 20.1 Å². The highest BCUT2D eigenvalue weighted by atomic mass is 16.5. The number of methoxy groups -OCH3 is 1. The van der Waals surface area contributed by atoms with Crippen LogP contribution in [0.15, 0.2) is 24.3 Å². The molecule has 0 aliphatic carbocycles. The molecule has 0 spiro atoms. The summed E-state index contributed by atoms with van der Waals surface area (Å²) >= 11 is 0. The molecule has 0 aromatic heterocycles. The van der Waals surface area contributed by atoms with Crippen molar-refractivity contribution in [2.75, 3.05) is 31.7 Å². The molecule has 4 nitrogen and oxygen atoms in total. The zero-order valence-corrected chi connectivity index (χ0v) is 12.5. The van der Waals surface area contributed by atoms with E-state index in [1.165, 1.54) is 5.69 Å². The number of anilines is 1. The van der Waals surface area contributed by atoms with Crippen LogP contribution in [0.1, 0.15) is 26.2 Å². The summed E-state index contributed by atoms with van der Waals surface area (Å²) in [4.78, 5) is 2.42. The van der Waals surface area contributed by atoms with Crippen LogP contribution in [-0.4, -0.2) is 44.0 Å². The molecule has 1 fully saturated rings. The van der Waals surface area contributed by atoms with Crippen molar-refractivity contribution in [2.45, 2.75) is 38.3 Å². The minimum Gasteiger partial charge on any atom is -0.497 e. The maximum atomic E-state index is 8.94. The Bertz CT molecular complexity index is 386. The first-order chi connectivity index (χ1) is 9.72. The largest absolute Gasteiger partial charge is 0.497 e. The maximum absolute atomic E-state index is 8.94. The van der Waals surface area contributed by atoms with E-state index in [1.54, 1.807) is 7.11 Å². The lowest BCUT2D eigenvalue weighted by molar-refractivity contribution is 0.257. The second kappa shape index (κ2) is 7.50. The predicted octanol–water partition coefficient (Wildman–Crippen LogP) is 2.02. The average Bonchev–Trinajstić information content (AvgIpc) is 2.48. The molecule has 0 bridgehead atoms. The van der Waals surface area contributed by atoms with Crippen LogP contribution in [0.25, 0.3) is 0 Å². The molecule has 2 rings (SSSR count). The van der Waals surface area contributed by atoms with Gasteiger partial charge in [-0.1, -0.05) is 0 Å². The summed E-state index contributed by atoms with van der Waals surface area (Å²) in [6.07, 6.45) is 3.14. The van der Waals surface area contributed by atoms with Crippen molar-refractivity contribution in [1.82, 2.24) is 5.32 Å². The van der Waals surface area contributed by atoms with Gasteiger partial charge in [-0.25, -0.2) is 0 Å². The van der Waals surface area contributed by atoms with Gasteiger partial charge in [-0.2, -0.15) is 0 Å². The first-order valence-corrected chi connectivity index (χ1v) is 7.49. The van der Waals surface area contributed by atoms with E-state index in [9.17, 15) is 0 Å². The normalized spacial score (nSPS) is 18.1. The van der Waals surface area contributed by atoms with Gasteiger partial charge in [-0.15, -0.1) is 0 Å². The zero-order chi connectivity index (χ0) is 14.4. The number of benzene rings is 1. The lowest BCUT2D eigenvalue weighted by Crippen LogP contribution is -2.45. The fourth-order valence-electron chi connectivity index (χ4n) is 2.78. The van der Waals surface area contributed by atoms with Crippen LogP contribution in [-0.2, 0) is 0 Å². The number of nitrogens with one attached hydrogen (secondary N) is 1. The molecule has 1 aliphatic heterocycles. The number of piperidine rings is 1. The third kappa shape index (κ3) is 4.12. The molecule has 1 aromatic carbocycles. The molecule has 1 atom stereocenters. The third-order valence-corrected chi connectivity index (χ3v) is 4.01. The topological polar surface area (TPSA) is 44.7 Å². The summed E-state index contributed by atoms with van der Waals surface area (Å²) in [6.45, 7) is 4.57. The predicted molar refractivity (Wildman–Crippen MR) is 82.5 cm³/mol. The van der Waals surface area contributed by atoms with Gasteiger partial charge in [0.1, 0.15) is 5.75 Å². The number of ether oxygens (including phenoxy) is 1. The van der Waals surface area contributed by atoms with Crippen LogP contribution in [0.4, 0.5) is 5.69 Å². The van der Waals surface area contributed by atoms with Crippen LogP contribution >= 0.6 is 0 Å². The molecular weight excluding hydrogens is 252 g/mol. The first kappa shape index (κ1) is 15.1. The second-order valence-corrected chi connectivity index (χ2v) is 5.54. The molecule has 20 heavy (non-hydrogen) atoms. The number of aliphatic hydroxyl groups is 1. The summed E-state index contributed by atoms with van der Waals surface area (Å²) in [7, 11) is 1.69. The number of hydrogen-bond acceptors (Lipinski definition) is 4. The van der Waals surface area contributed by atoms with E-state index in [1.807, 2.05) is 12.1 Å². The molecule has 0 radical (unpaired) electrons. The van der Waals surface area contributed by atoms with Crippen LogP contribution in [0.2, 0.25) is 0 Å². The summed E-state index contributed by atoms with van der Waals surface area (Å²) in [5, 5.41) is 12.5. The smallest absolute Gasteiger partial charge is 0.119 e. The van der Waals surface area contributed by atoms with Crippen molar-refractivity contribution in [3.8, 4) is 5.75 Å². The quantitative estimate of drug-likeness (QED) is 0.835. The Morgan fingerprint density at radius 1 is 1.30 bits per heavy atom. The van der Waals surface area contributed by atoms with Crippen molar-refractivity contribution in [3.63, 3.8) is 0 Å². The molecule has 0 amide bonds. The van der Waals surface area contributed by atoms with Gasteiger partial charge in [0.2, 0.25) is 0 Å². The maximum Gasteiger partial charge on any atom is 0.119 e. The van der Waals surface area contributed by atoms with Gasteiger partial charge in [-0.3, -0.25) is 0 Å². The molecule has 1 aliphatic rings. The van der Waals surface area contributed by atoms with Crippen molar-refractivity contribution >= 4 is 5.69 Å². The highest BCUT2D eigenvalue weighted by Crippen LogP contribution is 2.23. The zero-order valence-electron chi connectivity index (χ0n) is 12.5. The Hall–Kier alpha value is -1.26. The Kier molecular flexibility index (Phi) is 5.68. The number of aliphatic hydroxyl groups excluding tert-OH is 1. The molecule has 0 saturated carbocycles. The van der Waals surface area contributed by atoms with E-state index in [0.29, 0.717) is 12.1 Å². The molecule has 112 valence electrons. The van der Waals surface area contributed by atoms with Gasteiger partial charge in [0.25, 0.3) is 0 Å². The average molecular weight is 278 g/mol.